The first-order chi connectivity index (χ1) is 14.1. The van der Waals surface area contributed by atoms with Crippen molar-refractivity contribution in [2.24, 2.45) is 10.9 Å². The summed E-state index contributed by atoms with van der Waals surface area (Å²) in [6.07, 6.45) is 4.12. The summed E-state index contributed by atoms with van der Waals surface area (Å²) in [5.41, 5.74) is 1.48. The molecule has 2 heterocycles. The highest BCUT2D eigenvalue weighted by atomic mass is 35.5. The van der Waals surface area contributed by atoms with Crippen molar-refractivity contribution in [1.29, 1.82) is 0 Å². The molecule has 1 amide bonds. The van der Waals surface area contributed by atoms with Crippen LogP contribution in [0.15, 0.2) is 29.3 Å². The molecule has 4 rings (SSSR count). The number of rotatable bonds is 4. The summed E-state index contributed by atoms with van der Waals surface area (Å²) >= 11 is 6.20. The van der Waals surface area contributed by atoms with Gasteiger partial charge in [0.1, 0.15) is 0 Å². The van der Waals surface area contributed by atoms with Gasteiger partial charge in [-0.05, 0) is 43.4 Å². The van der Waals surface area contributed by atoms with Crippen molar-refractivity contribution < 1.29 is 9.53 Å². The number of piperidine rings is 1. The Hall–Kier alpha value is -1.79. The number of morpholine rings is 1. The highest BCUT2D eigenvalue weighted by Crippen LogP contribution is 2.48. The molecule has 0 atom stereocenters. The Morgan fingerprint density at radius 2 is 1.93 bits per heavy atom. The monoisotopic (exact) mass is 418 g/mol. The van der Waals surface area contributed by atoms with Gasteiger partial charge >= 0.3 is 0 Å². The third-order valence-corrected chi connectivity index (χ3v) is 6.79. The second-order valence-electron chi connectivity index (χ2n) is 8.39. The molecule has 0 aromatic heterocycles. The quantitative estimate of drug-likeness (QED) is 0.603. The average Bonchev–Trinajstić information content (AvgIpc) is 3.56. The molecule has 0 radical (unpaired) electrons. The lowest BCUT2D eigenvalue weighted by molar-refractivity contribution is -0.140. The maximum atomic E-state index is 12.7. The number of nitrogens with one attached hydrogen (secondary N) is 1. The molecule has 0 bridgehead atoms. The van der Waals surface area contributed by atoms with Gasteiger partial charge in [-0.2, -0.15) is 0 Å². The number of ether oxygens (including phenoxy) is 1. The molecule has 2 aliphatic heterocycles. The molecule has 3 fully saturated rings. The van der Waals surface area contributed by atoms with Crippen LogP contribution < -0.4 is 5.32 Å². The third kappa shape index (κ3) is 4.69. The number of benzene rings is 1. The minimum absolute atomic E-state index is 0.128. The van der Waals surface area contributed by atoms with Crippen molar-refractivity contribution in [2.75, 3.05) is 53.0 Å². The molecule has 6 nitrogen and oxygen atoms in total. The predicted molar refractivity (Wildman–Crippen MR) is 115 cm³/mol. The van der Waals surface area contributed by atoms with E-state index in [9.17, 15) is 4.79 Å². The Morgan fingerprint density at radius 1 is 1.21 bits per heavy atom. The van der Waals surface area contributed by atoms with Crippen molar-refractivity contribution in [3.8, 4) is 0 Å². The molecule has 1 saturated carbocycles. The largest absolute Gasteiger partial charge is 0.378 e. The standard InChI is InChI=1S/C22H31ClN4O2/c1-24-21(25-16-22(7-8-22)18-3-2-4-19(23)15-18)27-9-5-17(6-10-27)20(28)26-11-13-29-14-12-26/h2-4,15,17H,5-14,16H2,1H3,(H,24,25). The van der Waals surface area contributed by atoms with Gasteiger partial charge in [0.2, 0.25) is 5.91 Å². The van der Waals surface area contributed by atoms with Crippen molar-refractivity contribution in [2.45, 2.75) is 31.1 Å². The average molecular weight is 419 g/mol. The van der Waals surface area contributed by atoms with E-state index in [1.54, 1.807) is 0 Å². The van der Waals surface area contributed by atoms with E-state index >= 15 is 0 Å². The van der Waals surface area contributed by atoms with Crippen LogP contribution in [0.1, 0.15) is 31.2 Å². The molecular formula is C22H31ClN4O2. The number of aliphatic imine (C=N–C) groups is 1. The minimum Gasteiger partial charge on any atom is -0.378 e. The van der Waals surface area contributed by atoms with Crippen LogP contribution in [0.4, 0.5) is 0 Å². The number of hydrogen-bond donors (Lipinski definition) is 1. The summed E-state index contributed by atoms with van der Waals surface area (Å²) in [5.74, 6) is 1.37. The summed E-state index contributed by atoms with van der Waals surface area (Å²) < 4.78 is 5.36. The van der Waals surface area contributed by atoms with Crippen LogP contribution in [0.5, 0.6) is 0 Å². The number of nitrogens with zero attached hydrogens (tertiary/aromatic N) is 3. The van der Waals surface area contributed by atoms with E-state index in [2.05, 4.69) is 27.3 Å². The first kappa shape index (κ1) is 20.5. The number of halogens is 1. The summed E-state index contributed by atoms with van der Waals surface area (Å²) in [6, 6.07) is 8.21. The highest BCUT2D eigenvalue weighted by Gasteiger charge is 2.44. The number of carbonyl (C=O) groups excluding carboxylic acids is 1. The Balaban J connectivity index is 1.29. The van der Waals surface area contributed by atoms with Crippen LogP contribution in [-0.4, -0.2) is 74.7 Å². The van der Waals surface area contributed by atoms with Crippen LogP contribution in [0.3, 0.4) is 0 Å². The molecule has 0 unspecified atom stereocenters. The van der Waals surface area contributed by atoms with E-state index in [-0.39, 0.29) is 11.3 Å². The fourth-order valence-electron chi connectivity index (χ4n) is 4.50. The smallest absolute Gasteiger partial charge is 0.225 e. The van der Waals surface area contributed by atoms with Crippen molar-refractivity contribution in [3.63, 3.8) is 0 Å². The van der Waals surface area contributed by atoms with Crippen LogP contribution in [0.25, 0.3) is 0 Å². The van der Waals surface area contributed by atoms with Gasteiger partial charge in [0.05, 0.1) is 13.2 Å². The fraction of sp³-hybridized carbons (Fsp3) is 0.636. The van der Waals surface area contributed by atoms with E-state index in [1.165, 1.54) is 18.4 Å². The number of likely N-dealkylation sites (tertiary alicyclic amines) is 1. The van der Waals surface area contributed by atoms with Gasteiger partial charge in [0, 0.05) is 56.1 Å². The zero-order valence-electron chi connectivity index (χ0n) is 17.2. The zero-order chi connectivity index (χ0) is 20.3. The van der Waals surface area contributed by atoms with Crippen molar-refractivity contribution >= 4 is 23.5 Å². The molecule has 1 N–H and O–H groups in total. The molecule has 7 heteroatoms. The lowest BCUT2D eigenvalue weighted by Crippen LogP contribution is -2.50. The fourth-order valence-corrected chi connectivity index (χ4v) is 4.69. The van der Waals surface area contributed by atoms with Crippen LogP contribution in [-0.2, 0) is 14.9 Å². The molecule has 1 aromatic rings. The lowest BCUT2D eigenvalue weighted by Gasteiger charge is -2.37. The SMILES string of the molecule is CN=C(NCC1(c2cccc(Cl)c2)CC1)N1CCC(C(=O)N2CCOCC2)CC1. The summed E-state index contributed by atoms with van der Waals surface area (Å²) in [5, 5.41) is 4.38. The Bertz CT molecular complexity index is 751. The highest BCUT2D eigenvalue weighted by molar-refractivity contribution is 6.30. The van der Waals surface area contributed by atoms with Gasteiger partial charge in [-0.3, -0.25) is 9.79 Å². The molecule has 2 saturated heterocycles. The maximum absolute atomic E-state index is 12.7. The lowest BCUT2D eigenvalue weighted by atomic mass is 9.95. The molecule has 1 aliphatic carbocycles. The van der Waals surface area contributed by atoms with E-state index in [0.717, 1.165) is 56.5 Å². The van der Waals surface area contributed by atoms with Crippen LogP contribution >= 0.6 is 11.6 Å². The molecule has 0 spiro atoms. The first-order valence-electron chi connectivity index (χ1n) is 10.7. The first-order valence-corrected chi connectivity index (χ1v) is 11.1. The third-order valence-electron chi connectivity index (χ3n) is 6.55. The topological polar surface area (TPSA) is 57.2 Å². The number of carbonyl (C=O) groups is 1. The summed E-state index contributed by atoms with van der Waals surface area (Å²) in [4.78, 5) is 21.5. The molecule has 1 aromatic carbocycles. The summed E-state index contributed by atoms with van der Waals surface area (Å²) in [7, 11) is 1.84. The molecular weight excluding hydrogens is 388 g/mol. The minimum atomic E-state index is 0.128. The van der Waals surface area contributed by atoms with Crippen LogP contribution in [0, 0.1) is 5.92 Å². The molecule has 29 heavy (non-hydrogen) atoms. The van der Waals surface area contributed by atoms with Crippen molar-refractivity contribution in [1.82, 2.24) is 15.1 Å². The number of hydrogen-bond acceptors (Lipinski definition) is 3. The van der Waals surface area contributed by atoms with E-state index in [1.807, 2.05) is 24.1 Å². The molecule has 3 aliphatic rings. The predicted octanol–water partition coefficient (Wildman–Crippen LogP) is 2.52. The normalized spacial score (nSPS) is 22.5. The second-order valence-corrected chi connectivity index (χ2v) is 8.83. The van der Waals surface area contributed by atoms with Crippen LogP contribution in [0.2, 0.25) is 5.02 Å². The number of amides is 1. The van der Waals surface area contributed by atoms with Gasteiger partial charge in [-0.1, -0.05) is 23.7 Å². The Morgan fingerprint density at radius 3 is 2.55 bits per heavy atom. The molecule has 158 valence electrons. The van der Waals surface area contributed by atoms with E-state index in [4.69, 9.17) is 16.3 Å². The van der Waals surface area contributed by atoms with Gasteiger partial charge in [-0.25, -0.2) is 0 Å². The maximum Gasteiger partial charge on any atom is 0.225 e. The van der Waals surface area contributed by atoms with Crippen molar-refractivity contribution in [3.05, 3.63) is 34.9 Å². The second kappa shape index (κ2) is 8.92. The van der Waals surface area contributed by atoms with Gasteiger partial charge in [0.15, 0.2) is 5.96 Å². The number of guanidine groups is 1. The van der Waals surface area contributed by atoms with Gasteiger partial charge in [0.25, 0.3) is 0 Å². The van der Waals surface area contributed by atoms with Gasteiger partial charge < -0.3 is 19.9 Å². The zero-order valence-corrected chi connectivity index (χ0v) is 18.0. The van der Waals surface area contributed by atoms with Gasteiger partial charge in [-0.15, -0.1) is 0 Å². The Labute approximate surface area is 178 Å². The Kier molecular flexibility index (Phi) is 6.30. The van der Waals surface area contributed by atoms with E-state index < -0.39 is 0 Å². The van der Waals surface area contributed by atoms with E-state index in [0.29, 0.717) is 19.1 Å². The summed E-state index contributed by atoms with van der Waals surface area (Å²) in [6.45, 7) is 5.38.